The fraction of sp³-hybridized carbons (Fsp3) is 0.360. The third-order valence-electron chi connectivity index (χ3n) is 6.09. The van der Waals surface area contributed by atoms with Crippen LogP contribution in [0.4, 0.5) is 0 Å². The molecule has 150 valence electrons. The second-order valence-corrected chi connectivity index (χ2v) is 8.25. The third kappa shape index (κ3) is 4.33. The molecule has 2 heterocycles. The number of aromatic nitrogens is 1. The number of pyridine rings is 1. The monoisotopic (exact) mass is 388 g/mol. The zero-order valence-corrected chi connectivity index (χ0v) is 17.1. The lowest BCUT2D eigenvalue weighted by atomic mass is 9.94. The topological polar surface area (TPSA) is 53.4 Å². The maximum absolute atomic E-state index is 12.8. The zero-order valence-electron chi connectivity index (χ0n) is 17.1. The summed E-state index contributed by atoms with van der Waals surface area (Å²) < 4.78 is 0. The largest absolute Gasteiger partial charge is 0.391 e. The standard InChI is InChI=1S/C25H28N2O2/c1-17-7-8-19(18(2)13-17)9-10-25(29)27-15-21(24(28)16-27)14-20-11-12-26-23-6-4-3-5-22(20)23/h3-8,11-13,21,24,28H,9-10,14-16H2,1-2H3/t21-,24+/m1/s1. The summed E-state index contributed by atoms with van der Waals surface area (Å²) in [5.74, 6) is 0.192. The Morgan fingerprint density at radius 3 is 2.76 bits per heavy atom. The van der Waals surface area contributed by atoms with Crippen LogP contribution in [0.3, 0.4) is 0 Å². The van der Waals surface area contributed by atoms with Crippen molar-refractivity contribution in [1.82, 2.24) is 9.88 Å². The van der Waals surface area contributed by atoms with Gasteiger partial charge in [0.1, 0.15) is 0 Å². The molecule has 1 saturated heterocycles. The fourth-order valence-electron chi connectivity index (χ4n) is 4.40. The van der Waals surface area contributed by atoms with Crippen LogP contribution in [0.15, 0.2) is 54.7 Å². The van der Waals surface area contributed by atoms with E-state index >= 15 is 0 Å². The van der Waals surface area contributed by atoms with Crippen molar-refractivity contribution in [3.05, 3.63) is 77.0 Å². The van der Waals surface area contributed by atoms with Gasteiger partial charge in [0.05, 0.1) is 11.6 Å². The van der Waals surface area contributed by atoms with Crippen molar-refractivity contribution < 1.29 is 9.90 Å². The SMILES string of the molecule is Cc1ccc(CCC(=O)N2C[C@@H](Cc3ccnc4ccccc34)[C@@H](O)C2)c(C)c1. The summed E-state index contributed by atoms with van der Waals surface area (Å²) in [6, 6.07) is 16.5. The van der Waals surface area contributed by atoms with E-state index in [9.17, 15) is 9.90 Å². The van der Waals surface area contributed by atoms with Crippen LogP contribution in [0.1, 0.15) is 28.7 Å². The molecule has 4 heteroatoms. The van der Waals surface area contributed by atoms with Crippen molar-refractivity contribution in [3.63, 3.8) is 0 Å². The number of nitrogens with zero attached hydrogens (tertiary/aromatic N) is 2. The average Bonchev–Trinajstić information content (AvgIpc) is 3.08. The van der Waals surface area contributed by atoms with Crippen molar-refractivity contribution in [2.45, 2.75) is 39.2 Å². The molecule has 3 aromatic rings. The fourth-order valence-corrected chi connectivity index (χ4v) is 4.40. The van der Waals surface area contributed by atoms with Gasteiger partial charge < -0.3 is 10.0 Å². The minimum Gasteiger partial charge on any atom is -0.391 e. The molecule has 1 aliphatic heterocycles. The first-order valence-electron chi connectivity index (χ1n) is 10.4. The number of para-hydroxylation sites is 1. The van der Waals surface area contributed by atoms with E-state index in [-0.39, 0.29) is 11.8 Å². The summed E-state index contributed by atoms with van der Waals surface area (Å²) in [6.07, 6.45) is 3.34. The Labute approximate surface area is 172 Å². The quantitative estimate of drug-likeness (QED) is 0.722. The average molecular weight is 389 g/mol. The Morgan fingerprint density at radius 2 is 1.93 bits per heavy atom. The first-order valence-corrected chi connectivity index (χ1v) is 10.4. The number of fused-ring (bicyclic) bond motifs is 1. The second-order valence-electron chi connectivity index (χ2n) is 8.25. The molecule has 1 aliphatic rings. The molecule has 0 radical (unpaired) electrons. The molecule has 29 heavy (non-hydrogen) atoms. The first kappa shape index (κ1) is 19.6. The van der Waals surface area contributed by atoms with Gasteiger partial charge in [-0.25, -0.2) is 0 Å². The van der Waals surface area contributed by atoms with Gasteiger partial charge in [-0.15, -0.1) is 0 Å². The summed E-state index contributed by atoms with van der Waals surface area (Å²) in [5.41, 5.74) is 5.86. The minimum absolute atomic E-state index is 0.0610. The van der Waals surface area contributed by atoms with E-state index in [4.69, 9.17) is 0 Å². The van der Waals surface area contributed by atoms with Crippen LogP contribution in [0.25, 0.3) is 10.9 Å². The van der Waals surface area contributed by atoms with Gasteiger partial charge in [0.15, 0.2) is 0 Å². The van der Waals surface area contributed by atoms with Gasteiger partial charge in [-0.3, -0.25) is 9.78 Å². The van der Waals surface area contributed by atoms with E-state index in [2.05, 4.69) is 43.1 Å². The normalized spacial score (nSPS) is 19.1. The number of benzene rings is 2. The van der Waals surface area contributed by atoms with Gasteiger partial charge >= 0.3 is 0 Å². The highest BCUT2D eigenvalue weighted by atomic mass is 16.3. The second kappa shape index (κ2) is 8.34. The van der Waals surface area contributed by atoms with Crippen molar-refractivity contribution in [1.29, 1.82) is 0 Å². The van der Waals surface area contributed by atoms with E-state index in [1.807, 2.05) is 35.4 Å². The van der Waals surface area contributed by atoms with Gasteiger partial charge in [-0.05, 0) is 55.5 Å². The molecular formula is C25H28N2O2. The number of rotatable bonds is 5. The predicted octanol–water partition coefficient (Wildman–Crippen LogP) is 3.85. The van der Waals surface area contributed by atoms with E-state index in [0.29, 0.717) is 19.5 Å². The van der Waals surface area contributed by atoms with Gasteiger partial charge in [-0.2, -0.15) is 0 Å². The summed E-state index contributed by atoms with van der Waals surface area (Å²) in [6.45, 7) is 5.23. The van der Waals surface area contributed by atoms with Gasteiger partial charge in [0, 0.05) is 37.0 Å². The van der Waals surface area contributed by atoms with Crippen molar-refractivity contribution in [2.75, 3.05) is 13.1 Å². The minimum atomic E-state index is -0.480. The molecule has 0 aliphatic carbocycles. The Morgan fingerprint density at radius 1 is 1.10 bits per heavy atom. The number of hydrogen-bond donors (Lipinski definition) is 1. The van der Waals surface area contributed by atoms with Gasteiger partial charge in [0.2, 0.25) is 5.91 Å². The van der Waals surface area contributed by atoms with Crippen molar-refractivity contribution >= 4 is 16.8 Å². The Kier molecular flexibility index (Phi) is 5.63. The maximum atomic E-state index is 12.8. The molecule has 1 aromatic heterocycles. The lowest BCUT2D eigenvalue weighted by Crippen LogP contribution is -2.29. The van der Waals surface area contributed by atoms with Crippen LogP contribution in [0.5, 0.6) is 0 Å². The molecular weight excluding hydrogens is 360 g/mol. The lowest BCUT2D eigenvalue weighted by Gasteiger charge is -2.17. The zero-order chi connectivity index (χ0) is 20.4. The number of aliphatic hydroxyl groups is 1. The molecule has 0 bridgehead atoms. The lowest BCUT2D eigenvalue weighted by molar-refractivity contribution is -0.130. The summed E-state index contributed by atoms with van der Waals surface area (Å²) in [5, 5.41) is 11.7. The van der Waals surface area contributed by atoms with Crippen LogP contribution in [0.2, 0.25) is 0 Å². The molecule has 0 unspecified atom stereocenters. The van der Waals surface area contributed by atoms with Crippen LogP contribution in [0, 0.1) is 19.8 Å². The van der Waals surface area contributed by atoms with Crippen LogP contribution in [-0.4, -0.2) is 40.1 Å². The smallest absolute Gasteiger partial charge is 0.223 e. The Bertz CT molecular complexity index is 1030. The number of aryl methyl sites for hydroxylation is 3. The maximum Gasteiger partial charge on any atom is 0.223 e. The highest BCUT2D eigenvalue weighted by Gasteiger charge is 2.34. The molecule has 4 rings (SSSR count). The number of likely N-dealkylation sites (tertiary alicyclic amines) is 1. The van der Waals surface area contributed by atoms with Crippen molar-refractivity contribution in [2.24, 2.45) is 5.92 Å². The summed E-state index contributed by atoms with van der Waals surface area (Å²) in [7, 11) is 0. The molecule has 1 fully saturated rings. The Balaban J connectivity index is 1.39. The molecule has 0 saturated carbocycles. The highest BCUT2D eigenvalue weighted by molar-refractivity contribution is 5.82. The molecule has 0 spiro atoms. The number of β-amino-alcohol motifs (C(OH)–C–C–N with tert-alkyl or cyclic N) is 1. The third-order valence-corrected chi connectivity index (χ3v) is 6.09. The molecule has 2 aromatic carbocycles. The number of hydrogen-bond acceptors (Lipinski definition) is 3. The van der Waals surface area contributed by atoms with Crippen molar-refractivity contribution in [3.8, 4) is 0 Å². The van der Waals surface area contributed by atoms with E-state index in [1.165, 1.54) is 22.3 Å². The predicted molar refractivity (Wildman–Crippen MR) is 116 cm³/mol. The Hall–Kier alpha value is -2.72. The number of amides is 1. The molecule has 1 amide bonds. The van der Waals surface area contributed by atoms with Crippen LogP contribution in [-0.2, 0) is 17.6 Å². The van der Waals surface area contributed by atoms with E-state index < -0.39 is 6.10 Å². The van der Waals surface area contributed by atoms with E-state index in [1.54, 1.807) is 0 Å². The number of aliphatic hydroxyl groups excluding tert-OH is 1. The summed E-state index contributed by atoms with van der Waals surface area (Å²) >= 11 is 0. The number of carbonyl (C=O) groups is 1. The molecule has 2 atom stereocenters. The van der Waals surface area contributed by atoms with Gasteiger partial charge in [0.25, 0.3) is 0 Å². The van der Waals surface area contributed by atoms with Gasteiger partial charge in [-0.1, -0.05) is 42.0 Å². The van der Waals surface area contributed by atoms with Crippen LogP contribution >= 0.6 is 0 Å². The summed E-state index contributed by atoms with van der Waals surface area (Å²) in [4.78, 5) is 19.0. The molecule has 1 N–H and O–H groups in total. The van der Waals surface area contributed by atoms with E-state index in [0.717, 1.165) is 23.7 Å². The van der Waals surface area contributed by atoms with Crippen LogP contribution < -0.4 is 0 Å². The first-order chi connectivity index (χ1) is 14.0. The highest BCUT2D eigenvalue weighted by Crippen LogP contribution is 2.26. The molecule has 4 nitrogen and oxygen atoms in total. The number of carbonyl (C=O) groups excluding carboxylic acids is 1.